The van der Waals surface area contributed by atoms with E-state index in [1.54, 1.807) is 6.08 Å². The zero-order chi connectivity index (χ0) is 20.6. The predicted octanol–water partition coefficient (Wildman–Crippen LogP) is 1.82. The Morgan fingerprint density at radius 2 is 1.10 bits per heavy atom. The van der Waals surface area contributed by atoms with Crippen molar-refractivity contribution in [1.29, 1.82) is 0 Å². The molecule has 6 nitrogen and oxygen atoms in total. The lowest BCUT2D eigenvalue weighted by molar-refractivity contribution is -0.258. The highest BCUT2D eigenvalue weighted by atomic mass is 16.6. The standard InChI is InChI=1S/C23H28O6/c1-2-13-27-23-20(26)21(28-14-16-9-5-3-6-10-16)18(24)19(25)22(23)29-15-17-11-7-4-8-12-17/h2-12,18-26H,1,13-15H2/t18-,19-,20-,21+,22+,23+/m0/s1. The lowest BCUT2D eigenvalue weighted by atomic mass is 9.84. The third kappa shape index (κ3) is 5.51. The summed E-state index contributed by atoms with van der Waals surface area (Å²) in [6.07, 6.45) is -5.05. The van der Waals surface area contributed by atoms with E-state index in [9.17, 15) is 15.3 Å². The molecule has 156 valence electrons. The van der Waals surface area contributed by atoms with Crippen LogP contribution in [0.3, 0.4) is 0 Å². The zero-order valence-electron chi connectivity index (χ0n) is 16.2. The predicted molar refractivity (Wildman–Crippen MR) is 108 cm³/mol. The molecule has 0 heterocycles. The number of hydrogen-bond donors (Lipinski definition) is 3. The van der Waals surface area contributed by atoms with E-state index >= 15 is 0 Å². The van der Waals surface area contributed by atoms with Crippen molar-refractivity contribution in [3.63, 3.8) is 0 Å². The first kappa shape index (κ1) is 21.6. The van der Waals surface area contributed by atoms with Crippen molar-refractivity contribution in [3.8, 4) is 0 Å². The highest BCUT2D eigenvalue weighted by Gasteiger charge is 2.51. The van der Waals surface area contributed by atoms with Crippen LogP contribution in [0.15, 0.2) is 73.3 Å². The highest BCUT2D eigenvalue weighted by Crippen LogP contribution is 2.29. The van der Waals surface area contributed by atoms with E-state index in [2.05, 4.69) is 6.58 Å². The summed E-state index contributed by atoms with van der Waals surface area (Å²) < 4.78 is 17.3. The molecule has 1 fully saturated rings. The van der Waals surface area contributed by atoms with Crippen molar-refractivity contribution in [2.45, 2.75) is 49.8 Å². The quantitative estimate of drug-likeness (QED) is 0.557. The van der Waals surface area contributed by atoms with Crippen molar-refractivity contribution < 1.29 is 29.5 Å². The first-order valence-electron chi connectivity index (χ1n) is 9.69. The van der Waals surface area contributed by atoms with E-state index < -0.39 is 36.6 Å². The Hall–Kier alpha value is -2.06. The van der Waals surface area contributed by atoms with Gasteiger partial charge in [-0.1, -0.05) is 66.7 Å². The molecule has 0 amide bonds. The summed E-state index contributed by atoms with van der Waals surface area (Å²) in [7, 11) is 0. The molecule has 0 radical (unpaired) electrons. The maximum Gasteiger partial charge on any atom is 0.115 e. The van der Waals surface area contributed by atoms with E-state index in [0.717, 1.165) is 11.1 Å². The van der Waals surface area contributed by atoms with Crippen LogP contribution in [0.25, 0.3) is 0 Å². The number of aliphatic hydroxyl groups is 3. The summed E-state index contributed by atoms with van der Waals surface area (Å²) in [5, 5.41) is 32.2. The summed E-state index contributed by atoms with van der Waals surface area (Å²) >= 11 is 0. The van der Waals surface area contributed by atoms with Gasteiger partial charge < -0.3 is 29.5 Å². The minimum atomic E-state index is -1.32. The molecule has 2 aromatic rings. The Bertz CT molecular complexity index is 738. The molecule has 29 heavy (non-hydrogen) atoms. The average Bonchev–Trinajstić information content (AvgIpc) is 2.76. The fraction of sp³-hybridized carbons (Fsp3) is 0.391. The molecule has 6 atom stereocenters. The van der Waals surface area contributed by atoms with Gasteiger partial charge in [0.05, 0.1) is 19.8 Å². The van der Waals surface area contributed by atoms with Gasteiger partial charge in [-0.2, -0.15) is 0 Å². The van der Waals surface area contributed by atoms with Gasteiger partial charge in [0.2, 0.25) is 0 Å². The monoisotopic (exact) mass is 400 g/mol. The van der Waals surface area contributed by atoms with Crippen LogP contribution in [0.1, 0.15) is 11.1 Å². The molecule has 0 saturated heterocycles. The molecule has 6 heteroatoms. The molecule has 0 unspecified atom stereocenters. The largest absolute Gasteiger partial charge is 0.387 e. The first-order valence-corrected chi connectivity index (χ1v) is 9.69. The van der Waals surface area contributed by atoms with Gasteiger partial charge in [-0.15, -0.1) is 6.58 Å². The van der Waals surface area contributed by atoms with Gasteiger partial charge in [-0.05, 0) is 11.1 Å². The Balaban J connectivity index is 1.71. The lowest BCUT2D eigenvalue weighted by Crippen LogP contribution is -2.65. The van der Waals surface area contributed by atoms with Gasteiger partial charge in [0.25, 0.3) is 0 Å². The molecular formula is C23H28O6. The molecule has 3 N–H and O–H groups in total. The lowest BCUT2D eigenvalue weighted by Gasteiger charge is -2.45. The van der Waals surface area contributed by atoms with E-state index in [1.165, 1.54) is 0 Å². The number of hydrogen-bond acceptors (Lipinski definition) is 6. The third-order valence-electron chi connectivity index (χ3n) is 5.00. The number of benzene rings is 2. The minimum absolute atomic E-state index is 0.168. The van der Waals surface area contributed by atoms with Crippen LogP contribution in [0.5, 0.6) is 0 Å². The normalized spacial score (nSPS) is 29.5. The van der Waals surface area contributed by atoms with E-state index in [4.69, 9.17) is 14.2 Å². The van der Waals surface area contributed by atoms with Crippen molar-refractivity contribution in [1.82, 2.24) is 0 Å². The summed E-state index contributed by atoms with van der Waals surface area (Å²) in [4.78, 5) is 0. The molecule has 0 aliphatic heterocycles. The molecule has 0 spiro atoms. The van der Waals surface area contributed by atoms with Crippen molar-refractivity contribution in [3.05, 3.63) is 84.4 Å². The van der Waals surface area contributed by atoms with Gasteiger partial charge in [0, 0.05) is 0 Å². The smallest absolute Gasteiger partial charge is 0.115 e. The number of rotatable bonds is 9. The molecule has 2 aromatic carbocycles. The van der Waals surface area contributed by atoms with Crippen LogP contribution >= 0.6 is 0 Å². The summed E-state index contributed by atoms with van der Waals surface area (Å²) in [5.74, 6) is 0. The van der Waals surface area contributed by atoms with Gasteiger partial charge in [-0.25, -0.2) is 0 Å². The number of ether oxygens (including phenoxy) is 3. The van der Waals surface area contributed by atoms with Crippen LogP contribution < -0.4 is 0 Å². The molecular weight excluding hydrogens is 372 g/mol. The van der Waals surface area contributed by atoms with E-state index in [-0.39, 0.29) is 19.8 Å². The van der Waals surface area contributed by atoms with Crippen molar-refractivity contribution in [2.75, 3.05) is 6.61 Å². The molecule has 0 bridgehead atoms. The molecule has 0 aromatic heterocycles. The highest BCUT2D eigenvalue weighted by molar-refractivity contribution is 5.15. The molecule has 1 saturated carbocycles. The topological polar surface area (TPSA) is 88.4 Å². The van der Waals surface area contributed by atoms with Crippen LogP contribution in [-0.2, 0) is 27.4 Å². The van der Waals surface area contributed by atoms with Gasteiger partial charge in [0.1, 0.15) is 36.6 Å². The summed E-state index contributed by atoms with van der Waals surface area (Å²) in [6.45, 7) is 4.20. The third-order valence-corrected chi connectivity index (χ3v) is 5.00. The fourth-order valence-electron chi connectivity index (χ4n) is 3.46. The Morgan fingerprint density at radius 3 is 1.62 bits per heavy atom. The second kappa shape index (κ2) is 10.6. The SMILES string of the molecule is C=CCO[C@@H]1[C@@H](O)[C@H](OCc2ccccc2)[C@@H](O)[C@H](O)[C@H]1OCc1ccccc1. The minimum Gasteiger partial charge on any atom is -0.387 e. The van der Waals surface area contributed by atoms with Crippen molar-refractivity contribution >= 4 is 0 Å². The maximum atomic E-state index is 10.9. The Morgan fingerprint density at radius 1 is 0.655 bits per heavy atom. The molecule has 3 rings (SSSR count). The van der Waals surface area contributed by atoms with Crippen LogP contribution in [0.4, 0.5) is 0 Å². The Labute approximate surface area is 171 Å². The van der Waals surface area contributed by atoms with Crippen LogP contribution in [-0.4, -0.2) is 58.6 Å². The van der Waals surface area contributed by atoms with E-state index in [1.807, 2.05) is 60.7 Å². The van der Waals surface area contributed by atoms with Gasteiger partial charge >= 0.3 is 0 Å². The average molecular weight is 400 g/mol. The van der Waals surface area contributed by atoms with E-state index in [0.29, 0.717) is 0 Å². The molecule has 1 aliphatic rings. The maximum absolute atomic E-state index is 10.9. The molecule has 1 aliphatic carbocycles. The van der Waals surface area contributed by atoms with Crippen molar-refractivity contribution in [2.24, 2.45) is 0 Å². The second-order valence-corrected chi connectivity index (χ2v) is 7.08. The zero-order valence-corrected chi connectivity index (χ0v) is 16.2. The number of aliphatic hydroxyl groups excluding tert-OH is 3. The second-order valence-electron chi connectivity index (χ2n) is 7.08. The Kier molecular flexibility index (Phi) is 7.94. The first-order chi connectivity index (χ1) is 14.1. The van der Waals surface area contributed by atoms with Gasteiger partial charge in [0.15, 0.2) is 0 Å². The fourth-order valence-corrected chi connectivity index (χ4v) is 3.46. The summed E-state index contributed by atoms with van der Waals surface area (Å²) in [6, 6.07) is 18.9. The van der Waals surface area contributed by atoms with Crippen LogP contribution in [0, 0.1) is 0 Å². The van der Waals surface area contributed by atoms with Crippen LogP contribution in [0.2, 0.25) is 0 Å². The van der Waals surface area contributed by atoms with Gasteiger partial charge in [-0.3, -0.25) is 0 Å². The summed E-state index contributed by atoms with van der Waals surface area (Å²) in [5.41, 5.74) is 1.81.